The number of halogens is 2. The molecule has 3 fully saturated rings. The third-order valence-corrected chi connectivity index (χ3v) is 7.60. The van der Waals surface area contributed by atoms with Crippen LogP contribution < -0.4 is 0 Å². The second-order valence-corrected chi connectivity index (χ2v) is 9.83. The number of carbonyl (C=O) groups is 2. The summed E-state index contributed by atoms with van der Waals surface area (Å²) in [7, 11) is 3.15. The topological polar surface area (TPSA) is 59.1 Å². The molecule has 9 atom stereocenters. The molecule has 178 valence electrons. The molecule has 8 heteroatoms. The molecule has 1 saturated heterocycles. The van der Waals surface area contributed by atoms with Gasteiger partial charge in [-0.3, -0.25) is 9.59 Å². The van der Waals surface area contributed by atoms with Crippen LogP contribution in [0.1, 0.15) is 52.9 Å². The molecule has 1 aliphatic heterocycles. The van der Waals surface area contributed by atoms with Gasteiger partial charge in [0.05, 0.1) is 24.0 Å². The average molecular weight is 445 g/mol. The lowest BCUT2D eigenvalue weighted by molar-refractivity contribution is -0.157. The Balaban J connectivity index is 1.64. The standard InChI is InChI=1S/C23H38F2N2O4/c1-13-8-17(31-5)10-20(25)21(13)23(29)26-11-14(2)27(15(3)12-26)22(28)18-7-6-16(30-4)9-19(18)24/h13-21H,6-12H2,1-5H3/t13?,14-,15-,16?,17?,18?,19?,20?,21?/m1/s1. The first-order valence-corrected chi connectivity index (χ1v) is 11.6. The van der Waals surface area contributed by atoms with Crippen molar-refractivity contribution in [2.24, 2.45) is 17.8 Å². The lowest BCUT2D eigenvalue weighted by Gasteiger charge is -2.48. The number of ether oxygens (including phenoxy) is 2. The molecule has 31 heavy (non-hydrogen) atoms. The zero-order chi connectivity index (χ0) is 22.9. The average Bonchev–Trinajstić information content (AvgIpc) is 2.72. The van der Waals surface area contributed by atoms with Crippen LogP contribution in [0, 0.1) is 17.8 Å². The Morgan fingerprint density at radius 2 is 1.39 bits per heavy atom. The highest BCUT2D eigenvalue weighted by atomic mass is 19.1. The molecule has 2 aliphatic carbocycles. The first-order chi connectivity index (χ1) is 14.7. The van der Waals surface area contributed by atoms with Crippen molar-refractivity contribution >= 4 is 11.8 Å². The van der Waals surface area contributed by atoms with Gasteiger partial charge in [-0.1, -0.05) is 6.92 Å². The van der Waals surface area contributed by atoms with Gasteiger partial charge in [-0.15, -0.1) is 0 Å². The Hall–Kier alpha value is -1.28. The Labute approximate surface area is 184 Å². The molecule has 7 unspecified atom stereocenters. The minimum atomic E-state index is -1.23. The Bertz CT molecular complexity index is 627. The number of hydrogen-bond donors (Lipinski definition) is 0. The van der Waals surface area contributed by atoms with Gasteiger partial charge in [-0.05, 0) is 39.0 Å². The van der Waals surface area contributed by atoms with Crippen molar-refractivity contribution in [3.63, 3.8) is 0 Å². The van der Waals surface area contributed by atoms with Crippen LogP contribution in [0.5, 0.6) is 0 Å². The van der Waals surface area contributed by atoms with Gasteiger partial charge in [0.1, 0.15) is 12.3 Å². The summed E-state index contributed by atoms with van der Waals surface area (Å²) >= 11 is 0. The number of alkyl halides is 2. The van der Waals surface area contributed by atoms with Crippen LogP contribution >= 0.6 is 0 Å². The van der Waals surface area contributed by atoms with Gasteiger partial charge in [0.25, 0.3) is 0 Å². The van der Waals surface area contributed by atoms with E-state index < -0.39 is 24.2 Å². The van der Waals surface area contributed by atoms with E-state index in [9.17, 15) is 18.4 Å². The molecule has 0 aromatic heterocycles. The van der Waals surface area contributed by atoms with Gasteiger partial charge < -0.3 is 19.3 Å². The van der Waals surface area contributed by atoms with Crippen molar-refractivity contribution in [2.75, 3.05) is 27.3 Å². The normalized spacial score (nSPS) is 41.8. The molecule has 2 saturated carbocycles. The molecule has 0 aromatic carbocycles. The fraction of sp³-hybridized carbons (Fsp3) is 0.913. The highest BCUT2D eigenvalue weighted by molar-refractivity contribution is 5.82. The van der Waals surface area contributed by atoms with Crippen molar-refractivity contribution in [3.8, 4) is 0 Å². The van der Waals surface area contributed by atoms with Crippen molar-refractivity contribution < 1.29 is 27.8 Å². The van der Waals surface area contributed by atoms with Gasteiger partial charge in [0.2, 0.25) is 11.8 Å². The molecule has 3 rings (SSSR count). The van der Waals surface area contributed by atoms with Crippen molar-refractivity contribution in [2.45, 2.75) is 89.5 Å². The van der Waals surface area contributed by atoms with E-state index >= 15 is 0 Å². The number of carbonyl (C=O) groups excluding carboxylic acids is 2. The van der Waals surface area contributed by atoms with Crippen LogP contribution in [0.4, 0.5) is 8.78 Å². The maximum atomic E-state index is 14.8. The molecule has 6 nitrogen and oxygen atoms in total. The van der Waals surface area contributed by atoms with Gasteiger partial charge in [-0.2, -0.15) is 0 Å². The highest BCUT2D eigenvalue weighted by Gasteiger charge is 2.46. The van der Waals surface area contributed by atoms with Gasteiger partial charge in [-0.25, -0.2) is 8.78 Å². The van der Waals surface area contributed by atoms with Crippen LogP contribution in [-0.2, 0) is 19.1 Å². The van der Waals surface area contributed by atoms with Crippen molar-refractivity contribution in [1.82, 2.24) is 9.80 Å². The first-order valence-electron chi connectivity index (χ1n) is 11.6. The molecular formula is C23H38F2N2O4. The number of nitrogens with zero attached hydrogens (tertiary/aromatic N) is 2. The van der Waals surface area contributed by atoms with E-state index in [1.54, 1.807) is 24.0 Å². The summed E-state index contributed by atoms with van der Waals surface area (Å²) in [4.78, 5) is 29.9. The van der Waals surface area contributed by atoms with E-state index in [4.69, 9.17) is 9.47 Å². The fourth-order valence-corrected chi connectivity index (χ4v) is 5.91. The predicted molar refractivity (Wildman–Crippen MR) is 113 cm³/mol. The quantitative estimate of drug-likeness (QED) is 0.669. The van der Waals surface area contributed by atoms with Crippen LogP contribution in [0.15, 0.2) is 0 Å². The van der Waals surface area contributed by atoms with E-state index in [1.165, 1.54) is 0 Å². The van der Waals surface area contributed by atoms with E-state index in [0.717, 1.165) is 0 Å². The largest absolute Gasteiger partial charge is 0.381 e. The van der Waals surface area contributed by atoms with E-state index in [-0.39, 0.29) is 54.9 Å². The minimum absolute atomic E-state index is 0.102. The molecule has 2 amide bonds. The molecule has 0 spiro atoms. The number of rotatable bonds is 4. The maximum absolute atomic E-state index is 14.8. The second-order valence-electron chi connectivity index (χ2n) is 9.83. The van der Waals surface area contributed by atoms with Crippen molar-refractivity contribution in [3.05, 3.63) is 0 Å². The van der Waals surface area contributed by atoms with Crippen LogP contribution in [-0.4, -0.2) is 85.6 Å². The smallest absolute Gasteiger partial charge is 0.229 e. The zero-order valence-corrected chi connectivity index (χ0v) is 19.4. The van der Waals surface area contributed by atoms with E-state index in [2.05, 4.69) is 0 Å². The molecule has 0 radical (unpaired) electrons. The molecule has 3 aliphatic rings. The Morgan fingerprint density at radius 1 is 0.806 bits per heavy atom. The zero-order valence-electron chi connectivity index (χ0n) is 19.4. The minimum Gasteiger partial charge on any atom is -0.381 e. The summed E-state index contributed by atoms with van der Waals surface area (Å²) in [5, 5.41) is 0. The van der Waals surface area contributed by atoms with Gasteiger partial charge in [0, 0.05) is 52.2 Å². The summed E-state index contributed by atoms with van der Waals surface area (Å²) in [6.07, 6.45) is -0.426. The Kier molecular flexibility index (Phi) is 7.95. The summed E-state index contributed by atoms with van der Waals surface area (Å²) in [6, 6.07) is -0.479. The fourth-order valence-electron chi connectivity index (χ4n) is 5.91. The van der Waals surface area contributed by atoms with E-state index in [0.29, 0.717) is 32.4 Å². The molecule has 0 aromatic rings. The lowest BCUT2D eigenvalue weighted by atomic mass is 9.76. The lowest BCUT2D eigenvalue weighted by Crippen LogP contribution is -2.63. The third kappa shape index (κ3) is 5.05. The summed E-state index contributed by atoms with van der Waals surface area (Å²) in [5.74, 6) is -1.78. The third-order valence-electron chi connectivity index (χ3n) is 7.60. The van der Waals surface area contributed by atoms with Crippen LogP contribution in [0.25, 0.3) is 0 Å². The molecule has 0 bridgehead atoms. The predicted octanol–water partition coefficient (Wildman–Crippen LogP) is 2.99. The maximum Gasteiger partial charge on any atom is 0.229 e. The van der Waals surface area contributed by atoms with Crippen LogP contribution in [0.2, 0.25) is 0 Å². The second kappa shape index (κ2) is 10.1. The van der Waals surface area contributed by atoms with Gasteiger partial charge in [0.15, 0.2) is 0 Å². The molecule has 0 N–H and O–H groups in total. The molecule has 1 heterocycles. The summed E-state index contributed by atoms with van der Waals surface area (Å²) in [6.45, 7) is 6.39. The number of piperazine rings is 1. The van der Waals surface area contributed by atoms with Crippen molar-refractivity contribution in [1.29, 1.82) is 0 Å². The number of hydrogen-bond acceptors (Lipinski definition) is 4. The molecular weight excluding hydrogens is 406 g/mol. The highest BCUT2D eigenvalue weighted by Crippen LogP contribution is 2.36. The van der Waals surface area contributed by atoms with E-state index in [1.807, 2.05) is 20.8 Å². The SMILES string of the molecule is COC1CCC(C(=O)N2[C@H](C)CN(C(=O)C3C(C)CC(OC)CC3F)C[C@H]2C)C(F)C1. The number of amides is 2. The summed E-state index contributed by atoms with van der Waals surface area (Å²) < 4.78 is 40.1. The van der Waals surface area contributed by atoms with Gasteiger partial charge >= 0.3 is 0 Å². The first kappa shape index (κ1) is 24.4. The van der Waals surface area contributed by atoms with Crippen LogP contribution in [0.3, 0.4) is 0 Å². The summed E-state index contributed by atoms with van der Waals surface area (Å²) in [5.41, 5.74) is 0. The Morgan fingerprint density at radius 3 is 1.90 bits per heavy atom. The number of methoxy groups -OCH3 is 2. The monoisotopic (exact) mass is 444 g/mol.